The smallest absolute Gasteiger partial charge is 0.163 e. The topological polar surface area (TPSA) is 70.6 Å². The van der Waals surface area contributed by atoms with E-state index in [9.17, 15) is 0 Å². The number of aromatic amines is 1. The molecule has 6 rings (SSSR count). The lowest BCUT2D eigenvalue weighted by molar-refractivity contribution is 0.420. The van der Waals surface area contributed by atoms with Gasteiger partial charge in [0.1, 0.15) is 11.5 Å². The number of fused-ring (bicyclic) bond motifs is 2. The van der Waals surface area contributed by atoms with E-state index >= 15 is 0 Å². The van der Waals surface area contributed by atoms with Gasteiger partial charge in [-0.25, -0.2) is 15.0 Å². The van der Waals surface area contributed by atoms with Crippen LogP contribution in [0.25, 0.3) is 33.3 Å². The molecule has 1 atom stereocenters. The van der Waals surface area contributed by atoms with Crippen LogP contribution < -0.4 is 4.90 Å². The third-order valence-electron chi connectivity index (χ3n) is 7.70. The highest BCUT2D eigenvalue weighted by Gasteiger charge is 2.28. The Hall–Kier alpha value is -3.02. The van der Waals surface area contributed by atoms with Gasteiger partial charge in [0.2, 0.25) is 0 Å². The molecule has 2 fully saturated rings. The van der Waals surface area contributed by atoms with E-state index in [-0.39, 0.29) is 5.41 Å². The van der Waals surface area contributed by atoms with E-state index in [2.05, 4.69) is 65.9 Å². The largest absolute Gasteiger partial charge is 0.356 e. The molecule has 4 aromatic heterocycles. The van der Waals surface area contributed by atoms with Gasteiger partial charge in [0.15, 0.2) is 5.82 Å². The van der Waals surface area contributed by atoms with Crippen molar-refractivity contribution in [2.75, 3.05) is 18.0 Å². The number of hydrogen-bond donors (Lipinski definition) is 1. The average molecular weight is 455 g/mol. The fraction of sp³-hybridized carbons (Fsp3) is 0.500. The second kappa shape index (κ2) is 8.03. The van der Waals surface area contributed by atoms with Crippen molar-refractivity contribution in [3.8, 4) is 11.4 Å². The molecule has 0 radical (unpaired) electrons. The first-order valence-electron chi connectivity index (χ1n) is 12.8. The zero-order valence-electron chi connectivity index (χ0n) is 20.7. The zero-order valence-corrected chi connectivity index (χ0v) is 20.7. The van der Waals surface area contributed by atoms with E-state index < -0.39 is 0 Å². The lowest BCUT2D eigenvalue weighted by atomic mass is 9.79. The number of aromatic nitrogens is 5. The monoisotopic (exact) mass is 454 g/mol. The maximum absolute atomic E-state index is 5.30. The molecule has 0 aromatic carbocycles. The third-order valence-corrected chi connectivity index (χ3v) is 7.70. The molecule has 0 amide bonds. The molecule has 0 unspecified atom stereocenters. The van der Waals surface area contributed by atoms with Crippen molar-refractivity contribution in [3.05, 3.63) is 42.0 Å². The van der Waals surface area contributed by atoms with Crippen molar-refractivity contribution in [1.82, 2.24) is 24.9 Å². The molecule has 2 aliphatic rings. The highest BCUT2D eigenvalue weighted by atomic mass is 15.2. The van der Waals surface area contributed by atoms with Gasteiger partial charge in [-0.05, 0) is 55.2 Å². The number of hydrogen-bond acceptors (Lipinski definition) is 5. The van der Waals surface area contributed by atoms with Crippen LogP contribution in [0.1, 0.15) is 77.0 Å². The van der Waals surface area contributed by atoms with Gasteiger partial charge < -0.3 is 9.88 Å². The average Bonchev–Trinajstić information content (AvgIpc) is 3.22. The predicted molar refractivity (Wildman–Crippen MR) is 138 cm³/mol. The number of nitrogens with one attached hydrogen (secondary N) is 1. The minimum atomic E-state index is 0.0128. The lowest BCUT2D eigenvalue weighted by Gasteiger charge is -2.34. The van der Waals surface area contributed by atoms with Crippen LogP contribution in [0.15, 0.2) is 30.7 Å². The van der Waals surface area contributed by atoms with Crippen LogP contribution in [0.2, 0.25) is 0 Å². The van der Waals surface area contributed by atoms with Gasteiger partial charge in [0.25, 0.3) is 0 Å². The molecule has 0 bridgehead atoms. The Morgan fingerprint density at radius 1 is 1.06 bits per heavy atom. The van der Waals surface area contributed by atoms with Gasteiger partial charge in [-0.1, -0.05) is 34.1 Å². The maximum Gasteiger partial charge on any atom is 0.163 e. The predicted octanol–water partition coefficient (Wildman–Crippen LogP) is 6.37. The van der Waals surface area contributed by atoms with Crippen LogP contribution in [0.5, 0.6) is 0 Å². The maximum atomic E-state index is 5.30. The van der Waals surface area contributed by atoms with E-state index in [1.165, 1.54) is 48.7 Å². The normalized spacial score (nSPS) is 19.6. The molecule has 6 heteroatoms. The van der Waals surface area contributed by atoms with Crippen molar-refractivity contribution in [2.24, 2.45) is 5.92 Å². The summed E-state index contributed by atoms with van der Waals surface area (Å²) in [6.45, 7) is 11.1. The zero-order chi connectivity index (χ0) is 23.4. The second-order valence-electron chi connectivity index (χ2n) is 11.4. The second-order valence-corrected chi connectivity index (χ2v) is 11.4. The summed E-state index contributed by atoms with van der Waals surface area (Å²) in [6, 6.07) is 4.27. The first kappa shape index (κ1) is 21.5. The summed E-state index contributed by atoms with van der Waals surface area (Å²) < 4.78 is 0. The molecular formula is C28H34N6. The first-order valence-corrected chi connectivity index (χ1v) is 12.8. The van der Waals surface area contributed by atoms with E-state index in [0.717, 1.165) is 46.8 Å². The van der Waals surface area contributed by atoms with Crippen LogP contribution in [-0.2, 0) is 5.41 Å². The Labute approximate surface area is 201 Å². The Balaban J connectivity index is 1.58. The fourth-order valence-electron chi connectivity index (χ4n) is 5.47. The summed E-state index contributed by atoms with van der Waals surface area (Å²) in [4.78, 5) is 25.6. The lowest BCUT2D eigenvalue weighted by Crippen LogP contribution is -2.35. The highest BCUT2D eigenvalue weighted by Crippen LogP contribution is 2.42. The van der Waals surface area contributed by atoms with Crippen molar-refractivity contribution in [3.63, 3.8) is 0 Å². The molecule has 1 aliphatic heterocycles. The van der Waals surface area contributed by atoms with E-state index in [1.54, 1.807) is 0 Å². The minimum absolute atomic E-state index is 0.0128. The van der Waals surface area contributed by atoms with Crippen molar-refractivity contribution in [2.45, 2.75) is 71.1 Å². The number of pyridine rings is 2. The van der Waals surface area contributed by atoms with Gasteiger partial charge >= 0.3 is 0 Å². The summed E-state index contributed by atoms with van der Waals surface area (Å²) >= 11 is 0. The molecule has 4 aromatic rings. The van der Waals surface area contributed by atoms with Crippen LogP contribution in [0.3, 0.4) is 0 Å². The van der Waals surface area contributed by atoms with Gasteiger partial charge in [0.05, 0.1) is 11.7 Å². The summed E-state index contributed by atoms with van der Waals surface area (Å²) in [6.07, 6.45) is 12.1. The standard InChI is InChI=1S/C28H34N6/c1-17-7-6-12-34(16-17)27-24-21(18-8-5-9-18)14-29-15-22(24)31-26(33-27)19-10-11-30-25-20(19)13-23(32-25)28(2,3)4/h10-11,13-15,17-18H,5-9,12,16H2,1-4H3,(H,30,32)/t17-/m1/s1. The number of piperidine rings is 1. The van der Waals surface area contributed by atoms with E-state index in [4.69, 9.17) is 9.97 Å². The first-order chi connectivity index (χ1) is 16.4. The van der Waals surface area contributed by atoms with Crippen LogP contribution in [-0.4, -0.2) is 38.0 Å². The highest BCUT2D eigenvalue weighted by molar-refractivity contribution is 5.97. The quantitative estimate of drug-likeness (QED) is 0.389. The molecule has 1 N–H and O–H groups in total. The molecule has 176 valence electrons. The third kappa shape index (κ3) is 3.64. The number of H-pyrrole nitrogens is 1. The number of anilines is 1. The minimum Gasteiger partial charge on any atom is -0.356 e. The summed E-state index contributed by atoms with van der Waals surface area (Å²) in [5.74, 6) is 3.11. The Morgan fingerprint density at radius 2 is 1.91 bits per heavy atom. The van der Waals surface area contributed by atoms with Crippen molar-refractivity contribution < 1.29 is 0 Å². The van der Waals surface area contributed by atoms with Crippen LogP contribution in [0.4, 0.5) is 5.82 Å². The van der Waals surface area contributed by atoms with Crippen molar-refractivity contribution in [1.29, 1.82) is 0 Å². The van der Waals surface area contributed by atoms with Gasteiger partial charge in [0, 0.05) is 52.9 Å². The molecule has 1 saturated heterocycles. The molecule has 0 spiro atoms. The molecule has 6 nitrogen and oxygen atoms in total. The number of rotatable bonds is 3. The van der Waals surface area contributed by atoms with E-state index in [1.807, 2.05) is 12.4 Å². The summed E-state index contributed by atoms with van der Waals surface area (Å²) in [5.41, 5.74) is 5.39. The van der Waals surface area contributed by atoms with E-state index in [0.29, 0.717) is 11.8 Å². The molecule has 34 heavy (non-hydrogen) atoms. The summed E-state index contributed by atoms with van der Waals surface area (Å²) in [7, 11) is 0. The van der Waals surface area contributed by atoms with Gasteiger partial charge in [-0.2, -0.15) is 0 Å². The van der Waals surface area contributed by atoms with Crippen molar-refractivity contribution >= 4 is 27.8 Å². The Kier molecular flexibility index (Phi) is 5.08. The molecular weight excluding hydrogens is 420 g/mol. The Bertz CT molecular complexity index is 1360. The van der Waals surface area contributed by atoms with Crippen LogP contribution in [0, 0.1) is 5.92 Å². The SMILES string of the molecule is C[C@@H]1CCCN(c2nc(-c3ccnc4[nH]c(C(C)(C)C)cc34)nc3cncc(C4CCC4)c23)C1. The van der Waals surface area contributed by atoms with Gasteiger partial charge in [-0.15, -0.1) is 0 Å². The number of nitrogens with zero attached hydrogens (tertiary/aromatic N) is 5. The fourth-order valence-corrected chi connectivity index (χ4v) is 5.47. The Morgan fingerprint density at radius 3 is 2.65 bits per heavy atom. The molecule has 5 heterocycles. The van der Waals surface area contributed by atoms with Crippen LogP contribution >= 0.6 is 0 Å². The van der Waals surface area contributed by atoms with Gasteiger partial charge in [-0.3, -0.25) is 4.98 Å². The molecule has 1 saturated carbocycles. The summed E-state index contributed by atoms with van der Waals surface area (Å²) in [5, 5.41) is 2.29. The molecule has 1 aliphatic carbocycles.